The molecule has 6 heteroatoms. The summed E-state index contributed by atoms with van der Waals surface area (Å²) >= 11 is 0. The Bertz CT molecular complexity index is 589. The number of aliphatic imine (C=N–C) groups is 1. The van der Waals surface area contributed by atoms with Crippen LogP contribution in [0, 0.1) is 0 Å². The SMILES string of the molecule is CCNC(=NCc1ccc(COC)cc1)NC1CCCC(S(=O)CC)C1. The van der Waals surface area contributed by atoms with Crippen LogP contribution in [-0.4, -0.2) is 40.9 Å². The van der Waals surface area contributed by atoms with Crippen molar-refractivity contribution in [3.8, 4) is 0 Å². The molecule has 1 aliphatic carbocycles. The van der Waals surface area contributed by atoms with E-state index in [-0.39, 0.29) is 0 Å². The van der Waals surface area contributed by atoms with Gasteiger partial charge in [-0.25, -0.2) is 4.99 Å². The molecule has 0 aliphatic heterocycles. The minimum atomic E-state index is -0.701. The first kappa shape index (κ1) is 20.9. The quantitative estimate of drug-likeness (QED) is 0.538. The van der Waals surface area contributed by atoms with E-state index in [1.165, 1.54) is 11.1 Å². The van der Waals surface area contributed by atoms with E-state index in [9.17, 15) is 4.21 Å². The van der Waals surface area contributed by atoms with Crippen molar-refractivity contribution >= 4 is 16.8 Å². The first-order chi connectivity index (χ1) is 12.7. The van der Waals surface area contributed by atoms with E-state index in [1.807, 2.05) is 6.92 Å². The van der Waals surface area contributed by atoms with E-state index in [1.54, 1.807) is 7.11 Å². The van der Waals surface area contributed by atoms with Crippen LogP contribution in [0.3, 0.4) is 0 Å². The number of methoxy groups -OCH3 is 1. The van der Waals surface area contributed by atoms with Gasteiger partial charge in [0.15, 0.2) is 5.96 Å². The molecule has 3 unspecified atom stereocenters. The van der Waals surface area contributed by atoms with Crippen molar-refractivity contribution in [1.29, 1.82) is 0 Å². The van der Waals surface area contributed by atoms with E-state index in [0.29, 0.717) is 24.4 Å². The first-order valence-corrected chi connectivity index (χ1v) is 11.0. The molecule has 5 nitrogen and oxygen atoms in total. The van der Waals surface area contributed by atoms with Crippen molar-refractivity contribution in [3.05, 3.63) is 35.4 Å². The van der Waals surface area contributed by atoms with Crippen molar-refractivity contribution in [2.24, 2.45) is 4.99 Å². The molecule has 2 N–H and O–H groups in total. The normalized spacial score (nSPS) is 22.0. The summed E-state index contributed by atoms with van der Waals surface area (Å²) in [6.45, 7) is 6.19. The lowest BCUT2D eigenvalue weighted by atomic mass is 9.95. The number of rotatable bonds is 8. The summed E-state index contributed by atoms with van der Waals surface area (Å²) in [7, 11) is 1.01. The van der Waals surface area contributed by atoms with Gasteiger partial charge < -0.3 is 15.4 Å². The van der Waals surface area contributed by atoms with Crippen molar-refractivity contribution in [3.63, 3.8) is 0 Å². The van der Waals surface area contributed by atoms with Crippen LogP contribution in [0.2, 0.25) is 0 Å². The maximum absolute atomic E-state index is 12.1. The smallest absolute Gasteiger partial charge is 0.191 e. The van der Waals surface area contributed by atoms with Crippen LogP contribution in [0.5, 0.6) is 0 Å². The molecule has 0 heterocycles. The highest BCUT2D eigenvalue weighted by atomic mass is 32.2. The van der Waals surface area contributed by atoms with Crippen LogP contribution in [0.1, 0.15) is 50.7 Å². The van der Waals surface area contributed by atoms with Crippen LogP contribution < -0.4 is 10.6 Å². The zero-order valence-corrected chi connectivity index (χ0v) is 17.1. The molecule has 2 rings (SSSR count). The third-order valence-electron chi connectivity index (χ3n) is 4.72. The maximum Gasteiger partial charge on any atom is 0.191 e. The van der Waals surface area contributed by atoms with Crippen molar-refractivity contribution in [2.45, 2.75) is 64.0 Å². The van der Waals surface area contributed by atoms with Gasteiger partial charge in [0.1, 0.15) is 0 Å². The number of ether oxygens (including phenoxy) is 1. The third-order valence-corrected chi connectivity index (χ3v) is 6.46. The first-order valence-electron chi connectivity index (χ1n) is 9.65. The highest BCUT2D eigenvalue weighted by Gasteiger charge is 2.25. The Hall–Kier alpha value is -1.40. The zero-order valence-electron chi connectivity index (χ0n) is 16.3. The molecular weight excluding hydrogens is 346 g/mol. The molecule has 0 radical (unpaired) electrons. The second-order valence-electron chi connectivity index (χ2n) is 6.74. The molecule has 0 amide bonds. The van der Waals surface area contributed by atoms with Gasteiger partial charge in [-0.05, 0) is 37.3 Å². The second-order valence-corrected chi connectivity index (χ2v) is 8.75. The van der Waals surface area contributed by atoms with E-state index >= 15 is 0 Å². The summed E-state index contributed by atoms with van der Waals surface area (Å²) < 4.78 is 17.3. The number of guanidine groups is 1. The van der Waals surface area contributed by atoms with Gasteiger partial charge in [-0.1, -0.05) is 37.6 Å². The largest absolute Gasteiger partial charge is 0.380 e. The molecule has 1 fully saturated rings. The number of hydrogen-bond acceptors (Lipinski definition) is 3. The van der Waals surface area contributed by atoms with E-state index < -0.39 is 10.8 Å². The average Bonchev–Trinajstić information content (AvgIpc) is 2.67. The third kappa shape index (κ3) is 6.72. The highest BCUT2D eigenvalue weighted by Crippen LogP contribution is 2.23. The fraction of sp³-hybridized carbons (Fsp3) is 0.650. The Morgan fingerprint density at radius 2 is 1.96 bits per heavy atom. The van der Waals surface area contributed by atoms with Crippen LogP contribution in [0.15, 0.2) is 29.3 Å². The average molecular weight is 380 g/mol. The van der Waals surface area contributed by atoms with E-state index in [0.717, 1.165) is 43.9 Å². The summed E-state index contributed by atoms with van der Waals surface area (Å²) in [5.41, 5.74) is 2.35. The van der Waals surface area contributed by atoms with Gasteiger partial charge in [-0.2, -0.15) is 0 Å². The molecule has 146 valence electrons. The lowest BCUT2D eigenvalue weighted by Crippen LogP contribution is -2.46. The molecule has 0 aromatic heterocycles. The highest BCUT2D eigenvalue weighted by molar-refractivity contribution is 7.85. The molecular formula is C20H33N3O2S. The Kier molecular flexibility index (Phi) is 9.12. The Morgan fingerprint density at radius 1 is 1.23 bits per heavy atom. The van der Waals surface area contributed by atoms with Crippen LogP contribution >= 0.6 is 0 Å². The van der Waals surface area contributed by atoms with Gasteiger partial charge in [0.05, 0.1) is 13.2 Å². The van der Waals surface area contributed by atoms with Gasteiger partial charge in [0, 0.05) is 41.5 Å². The van der Waals surface area contributed by atoms with Gasteiger partial charge in [0.2, 0.25) is 0 Å². The maximum atomic E-state index is 12.1. The Morgan fingerprint density at radius 3 is 2.62 bits per heavy atom. The molecule has 1 aromatic rings. The summed E-state index contributed by atoms with van der Waals surface area (Å²) in [5, 5.41) is 7.21. The molecule has 0 spiro atoms. The molecule has 0 saturated heterocycles. The van der Waals surface area contributed by atoms with Gasteiger partial charge in [0.25, 0.3) is 0 Å². The molecule has 26 heavy (non-hydrogen) atoms. The minimum Gasteiger partial charge on any atom is -0.380 e. The fourth-order valence-corrected chi connectivity index (χ4v) is 4.69. The lowest BCUT2D eigenvalue weighted by Gasteiger charge is -2.30. The summed E-state index contributed by atoms with van der Waals surface area (Å²) in [4.78, 5) is 4.73. The Labute approximate surface area is 160 Å². The Balaban J connectivity index is 1.94. The van der Waals surface area contributed by atoms with Crippen molar-refractivity contribution in [1.82, 2.24) is 10.6 Å². The van der Waals surface area contributed by atoms with Crippen LogP contribution in [0.25, 0.3) is 0 Å². The van der Waals surface area contributed by atoms with Gasteiger partial charge >= 0.3 is 0 Å². The molecule has 0 bridgehead atoms. The molecule has 1 saturated carbocycles. The zero-order chi connectivity index (χ0) is 18.8. The number of nitrogens with one attached hydrogen (secondary N) is 2. The van der Waals surface area contributed by atoms with E-state index in [4.69, 9.17) is 9.73 Å². The fourth-order valence-electron chi connectivity index (χ4n) is 3.34. The molecule has 1 aromatic carbocycles. The second kappa shape index (κ2) is 11.3. The number of hydrogen-bond donors (Lipinski definition) is 2. The summed E-state index contributed by atoms with van der Waals surface area (Å²) in [6, 6.07) is 8.72. The van der Waals surface area contributed by atoms with Crippen LogP contribution in [-0.2, 0) is 28.7 Å². The lowest BCUT2D eigenvalue weighted by molar-refractivity contribution is 0.185. The predicted octanol–water partition coefficient (Wildman–Crippen LogP) is 2.97. The number of benzene rings is 1. The van der Waals surface area contributed by atoms with E-state index in [2.05, 4.69) is 41.8 Å². The minimum absolute atomic E-state index is 0.322. The summed E-state index contributed by atoms with van der Waals surface area (Å²) in [5.74, 6) is 1.60. The van der Waals surface area contributed by atoms with Gasteiger partial charge in [-0.15, -0.1) is 0 Å². The predicted molar refractivity (Wildman–Crippen MR) is 110 cm³/mol. The molecule has 1 aliphatic rings. The molecule has 3 atom stereocenters. The monoisotopic (exact) mass is 379 g/mol. The van der Waals surface area contributed by atoms with Gasteiger partial charge in [-0.3, -0.25) is 4.21 Å². The summed E-state index contributed by atoms with van der Waals surface area (Å²) in [6.07, 6.45) is 4.30. The van der Waals surface area contributed by atoms with Crippen LogP contribution in [0.4, 0.5) is 0 Å². The number of nitrogens with zero attached hydrogens (tertiary/aromatic N) is 1. The van der Waals surface area contributed by atoms with Crippen molar-refractivity contribution in [2.75, 3.05) is 19.4 Å². The topological polar surface area (TPSA) is 62.7 Å². The standard InChI is InChI=1S/C20H33N3O2S/c1-4-21-20(22-14-16-9-11-17(12-10-16)15-25-3)23-18-7-6-8-19(13-18)26(24)5-2/h9-12,18-19H,4-8,13-15H2,1-3H3,(H2,21,22,23). The van der Waals surface area contributed by atoms with Crippen molar-refractivity contribution < 1.29 is 8.95 Å².